The van der Waals surface area contributed by atoms with Gasteiger partial charge in [-0.05, 0) is 30.5 Å². The van der Waals surface area contributed by atoms with Crippen molar-refractivity contribution >= 4 is 5.91 Å². The molecule has 2 aliphatic heterocycles. The Morgan fingerprint density at radius 1 is 1.16 bits per heavy atom. The van der Waals surface area contributed by atoms with Crippen molar-refractivity contribution in [1.29, 1.82) is 0 Å². The molecule has 0 aromatic heterocycles. The monoisotopic (exact) mass is 263 g/mol. The number of benzene rings is 1. The van der Waals surface area contributed by atoms with E-state index in [2.05, 4.69) is 0 Å². The summed E-state index contributed by atoms with van der Waals surface area (Å²) in [4.78, 5) is 13.8. The highest BCUT2D eigenvalue weighted by Crippen LogP contribution is 2.33. The highest BCUT2D eigenvalue weighted by molar-refractivity contribution is 5.82. The molecule has 2 aliphatic rings. The van der Waals surface area contributed by atoms with E-state index in [1.165, 1.54) is 0 Å². The van der Waals surface area contributed by atoms with E-state index in [1.54, 1.807) is 23.1 Å². The number of fused-ring (bicyclic) bond motifs is 1. The maximum Gasteiger partial charge on any atom is 0.256 e. The van der Waals surface area contributed by atoms with Crippen molar-refractivity contribution in [2.75, 3.05) is 26.3 Å². The fourth-order valence-corrected chi connectivity index (χ4v) is 2.48. The molecule has 3 rings (SSSR count). The summed E-state index contributed by atoms with van der Waals surface area (Å²) < 4.78 is 10.9. The summed E-state index contributed by atoms with van der Waals surface area (Å²) in [5, 5.41) is 10.2. The van der Waals surface area contributed by atoms with Gasteiger partial charge in [-0.3, -0.25) is 4.79 Å². The standard InChI is InChI=1S/C14H17NO4/c16-13(14(17)15-5-1-2-6-15)10-3-4-11-12(9-10)19-8-7-18-11/h3-4,9,13,16H,1-2,5-8H2. The van der Waals surface area contributed by atoms with Gasteiger partial charge in [-0.2, -0.15) is 0 Å². The topological polar surface area (TPSA) is 59.0 Å². The van der Waals surface area contributed by atoms with Gasteiger partial charge in [0.25, 0.3) is 5.91 Å². The van der Waals surface area contributed by atoms with Crippen molar-refractivity contribution in [3.63, 3.8) is 0 Å². The average Bonchev–Trinajstić information content (AvgIpc) is 2.99. The molecule has 0 spiro atoms. The minimum atomic E-state index is -1.12. The first-order chi connectivity index (χ1) is 9.25. The first kappa shape index (κ1) is 12.3. The third kappa shape index (κ3) is 2.38. The van der Waals surface area contributed by atoms with E-state index in [-0.39, 0.29) is 5.91 Å². The van der Waals surface area contributed by atoms with Gasteiger partial charge in [-0.1, -0.05) is 6.07 Å². The van der Waals surface area contributed by atoms with Crippen LogP contribution in [-0.2, 0) is 4.79 Å². The Kier molecular flexibility index (Phi) is 3.29. The Bertz CT molecular complexity index is 482. The molecule has 0 radical (unpaired) electrons. The molecule has 19 heavy (non-hydrogen) atoms. The molecule has 5 nitrogen and oxygen atoms in total. The maximum atomic E-state index is 12.1. The molecule has 0 bridgehead atoms. The summed E-state index contributed by atoms with van der Waals surface area (Å²) in [6.45, 7) is 2.50. The molecule has 1 amide bonds. The first-order valence-corrected chi connectivity index (χ1v) is 6.62. The number of rotatable bonds is 2. The SMILES string of the molecule is O=C(C(O)c1ccc2c(c1)OCCO2)N1CCCC1. The van der Waals surface area contributed by atoms with Crippen molar-refractivity contribution in [1.82, 2.24) is 4.90 Å². The number of likely N-dealkylation sites (tertiary alicyclic amines) is 1. The molecule has 1 aromatic carbocycles. The van der Waals surface area contributed by atoms with Crippen LogP contribution in [0.1, 0.15) is 24.5 Å². The van der Waals surface area contributed by atoms with Gasteiger partial charge in [0.2, 0.25) is 0 Å². The van der Waals surface area contributed by atoms with Gasteiger partial charge in [0.1, 0.15) is 13.2 Å². The Labute approximate surface area is 111 Å². The quantitative estimate of drug-likeness (QED) is 0.868. The van der Waals surface area contributed by atoms with Crippen molar-refractivity contribution in [2.45, 2.75) is 18.9 Å². The Hall–Kier alpha value is -1.75. The minimum Gasteiger partial charge on any atom is -0.486 e. The van der Waals surface area contributed by atoms with Crippen LogP contribution >= 0.6 is 0 Å². The number of ether oxygens (including phenoxy) is 2. The van der Waals surface area contributed by atoms with Gasteiger partial charge in [0.05, 0.1) is 0 Å². The van der Waals surface area contributed by atoms with Gasteiger partial charge in [0.15, 0.2) is 17.6 Å². The molecule has 1 N–H and O–H groups in total. The van der Waals surface area contributed by atoms with Crippen LogP contribution in [0.15, 0.2) is 18.2 Å². The molecule has 1 atom stereocenters. The van der Waals surface area contributed by atoms with Crippen LogP contribution in [0.3, 0.4) is 0 Å². The zero-order valence-electron chi connectivity index (χ0n) is 10.7. The van der Waals surface area contributed by atoms with Crippen LogP contribution in [0.25, 0.3) is 0 Å². The third-order valence-corrected chi connectivity index (χ3v) is 3.53. The molecule has 1 unspecified atom stereocenters. The van der Waals surface area contributed by atoms with Crippen LogP contribution in [0.2, 0.25) is 0 Å². The summed E-state index contributed by atoms with van der Waals surface area (Å²) in [6, 6.07) is 5.14. The predicted octanol–water partition coefficient (Wildman–Crippen LogP) is 1.11. The third-order valence-electron chi connectivity index (χ3n) is 3.53. The average molecular weight is 263 g/mol. The van der Waals surface area contributed by atoms with Gasteiger partial charge >= 0.3 is 0 Å². The number of hydrogen-bond donors (Lipinski definition) is 1. The van der Waals surface area contributed by atoms with E-state index >= 15 is 0 Å². The number of nitrogens with zero attached hydrogens (tertiary/aromatic N) is 1. The highest BCUT2D eigenvalue weighted by atomic mass is 16.6. The van der Waals surface area contributed by atoms with Crippen molar-refractivity contribution < 1.29 is 19.4 Å². The number of hydrogen-bond acceptors (Lipinski definition) is 4. The summed E-state index contributed by atoms with van der Waals surface area (Å²) in [5.74, 6) is 1.03. The fraction of sp³-hybridized carbons (Fsp3) is 0.500. The minimum absolute atomic E-state index is 0.228. The van der Waals surface area contributed by atoms with E-state index in [0.717, 1.165) is 25.9 Å². The maximum absolute atomic E-state index is 12.1. The van der Waals surface area contributed by atoms with Crippen molar-refractivity contribution in [2.24, 2.45) is 0 Å². The van der Waals surface area contributed by atoms with Gasteiger partial charge in [-0.25, -0.2) is 0 Å². The molecular weight excluding hydrogens is 246 g/mol. The second-order valence-electron chi connectivity index (χ2n) is 4.84. The normalized spacial score (nSPS) is 19.3. The summed E-state index contributed by atoms with van der Waals surface area (Å²) >= 11 is 0. The molecular formula is C14H17NO4. The Morgan fingerprint density at radius 2 is 1.84 bits per heavy atom. The zero-order valence-corrected chi connectivity index (χ0v) is 10.7. The second-order valence-corrected chi connectivity index (χ2v) is 4.84. The van der Waals surface area contributed by atoms with Crippen LogP contribution in [-0.4, -0.2) is 42.2 Å². The first-order valence-electron chi connectivity index (χ1n) is 6.62. The highest BCUT2D eigenvalue weighted by Gasteiger charge is 2.27. The molecule has 0 saturated carbocycles. The molecule has 5 heteroatoms. The van der Waals surface area contributed by atoms with E-state index < -0.39 is 6.10 Å². The Balaban J connectivity index is 1.79. The molecule has 1 saturated heterocycles. The smallest absolute Gasteiger partial charge is 0.256 e. The van der Waals surface area contributed by atoms with Gasteiger partial charge in [0, 0.05) is 13.1 Å². The van der Waals surface area contributed by atoms with Crippen LogP contribution in [0, 0.1) is 0 Å². The lowest BCUT2D eigenvalue weighted by Gasteiger charge is -2.22. The number of aliphatic hydroxyl groups is 1. The predicted molar refractivity (Wildman–Crippen MR) is 68.2 cm³/mol. The molecule has 1 aromatic rings. The van der Waals surface area contributed by atoms with Crippen LogP contribution in [0.4, 0.5) is 0 Å². The summed E-state index contributed by atoms with van der Waals surface area (Å²) in [6.07, 6.45) is 0.910. The lowest BCUT2D eigenvalue weighted by atomic mass is 10.1. The lowest BCUT2D eigenvalue weighted by molar-refractivity contribution is -0.139. The second kappa shape index (κ2) is 5.09. The van der Waals surface area contributed by atoms with E-state index in [9.17, 15) is 9.90 Å². The van der Waals surface area contributed by atoms with Crippen LogP contribution < -0.4 is 9.47 Å². The zero-order chi connectivity index (χ0) is 13.2. The van der Waals surface area contributed by atoms with Crippen molar-refractivity contribution in [3.8, 4) is 11.5 Å². The summed E-state index contributed by atoms with van der Waals surface area (Å²) in [5.41, 5.74) is 0.557. The van der Waals surface area contributed by atoms with Crippen LogP contribution in [0.5, 0.6) is 11.5 Å². The number of aliphatic hydroxyl groups excluding tert-OH is 1. The van der Waals surface area contributed by atoms with Gasteiger partial charge in [-0.15, -0.1) is 0 Å². The molecule has 102 valence electrons. The van der Waals surface area contributed by atoms with Gasteiger partial charge < -0.3 is 19.5 Å². The van der Waals surface area contributed by atoms with E-state index in [0.29, 0.717) is 30.3 Å². The number of amides is 1. The van der Waals surface area contributed by atoms with E-state index in [1.807, 2.05) is 0 Å². The fourth-order valence-electron chi connectivity index (χ4n) is 2.48. The summed E-state index contributed by atoms with van der Waals surface area (Å²) in [7, 11) is 0. The largest absolute Gasteiger partial charge is 0.486 e. The molecule has 0 aliphatic carbocycles. The van der Waals surface area contributed by atoms with E-state index in [4.69, 9.17) is 9.47 Å². The number of carbonyl (C=O) groups excluding carboxylic acids is 1. The Morgan fingerprint density at radius 3 is 2.58 bits per heavy atom. The number of carbonyl (C=O) groups is 1. The molecule has 2 heterocycles. The van der Waals surface area contributed by atoms with Crippen molar-refractivity contribution in [3.05, 3.63) is 23.8 Å². The molecule has 1 fully saturated rings. The lowest BCUT2D eigenvalue weighted by Crippen LogP contribution is -2.32.